The van der Waals surface area contributed by atoms with Gasteiger partial charge in [0.05, 0.1) is 11.1 Å². The zero-order chi connectivity index (χ0) is 14.4. The van der Waals surface area contributed by atoms with Crippen LogP contribution < -0.4 is 0 Å². The summed E-state index contributed by atoms with van der Waals surface area (Å²) in [5.74, 6) is -1.17. The van der Waals surface area contributed by atoms with Gasteiger partial charge >= 0.3 is 5.97 Å². The Morgan fingerprint density at radius 3 is 2.21 bits per heavy atom. The van der Waals surface area contributed by atoms with E-state index >= 15 is 0 Å². The van der Waals surface area contributed by atoms with Gasteiger partial charge in [0.15, 0.2) is 0 Å². The summed E-state index contributed by atoms with van der Waals surface area (Å²) in [6.07, 6.45) is 0. The molecule has 2 aromatic rings. The fourth-order valence-electron chi connectivity index (χ4n) is 2.49. The number of aromatic carboxylic acids is 1. The molecule has 2 rings (SSSR count). The molecule has 0 saturated heterocycles. The molecule has 19 heavy (non-hydrogen) atoms. The highest BCUT2D eigenvalue weighted by Crippen LogP contribution is 2.34. The summed E-state index contributed by atoms with van der Waals surface area (Å²) in [6, 6.07) is 7.11. The number of rotatable bonds is 1. The molecule has 1 N–H and O–H groups in total. The number of carboxylic acids is 1. The molecule has 0 aliphatic rings. The molecular formula is C15H17NO3. The van der Waals surface area contributed by atoms with Crippen LogP contribution in [0, 0.1) is 0 Å². The average molecular weight is 259 g/mol. The van der Waals surface area contributed by atoms with Gasteiger partial charge in [0.1, 0.15) is 0 Å². The second kappa shape index (κ2) is 4.23. The van der Waals surface area contributed by atoms with Gasteiger partial charge in [-0.15, -0.1) is 0 Å². The van der Waals surface area contributed by atoms with E-state index in [-0.39, 0.29) is 11.5 Å². The first kappa shape index (κ1) is 13.3. The van der Waals surface area contributed by atoms with E-state index in [4.69, 9.17) is 0 Å². The molecule has 4 heteroatoms. The molecule has 1 heterocycles. The summed E-state index contributed by atoms with van der Waals surface area (Å²) >= 11 is 0. The number of fused-ring (bicyclic) bond motifs is 1. The van der Waals surface area contributed by atoms with Crippen molar-refractivity contribution in [3.63, 3.8) is 0 Å². The van der Waals surface area contributed by atoms with E-state index in [1.807, 2.05) is 20.8 Å². The maximum atomic E-state index is 11.9. The first-order valence-corrected chi connectivity index (χ1v) is 6.13. The van der Waals surface area contributed by atoms with Crippen LogP contribution in [0.4, 0.5) is 0 Å². The molecule has 0 aliphatic carbocycles. The highest BCUT2D eigenvalue weighted by atomic mass is 16.4. The summed E-state index contributed by atoms with van der Waals surface area (Å²) in [5.41, 5.74) is 0.989. The molecule has 0 saturated carbocycles. The van der Waals surface area contributed by atoms with E-state index < -0.39 is 11.4 Å². The van der Waals surface area contributed by atoms with Gasteiger partial charge < -0.3 is 5.11 Å². The predicted octanol–water partition coefficient (Wildman–Crippen LogP) is 3.30. The lowest BCUT2D eigenvalue weighted by atomic mass is 9.88. The van der Waals surface area contributed by atoms with Crippen LogP contribution in [0.15, 0.2) is 24.3 Å². The topological polar surface area (TPSA) is 59.3 Å². The van der Waals surface area contributed by atoms with Gasteiger partial charge in [0.2, 0.25) is 5.91 Å². The second-order valence-electron chi connectivity index (χ2n) is 5.65. The van der Waals surface area contributed by atoms with E-state index in [0.717, 1.165) is 0 Å². The molecule has 1 aromatic heterocycles. The summed E-state index contributed by atoms with van der Waals surface area (Å²) in [7, 11) is 0. The van der Waals surface area contributed by atoms with Crippen molar-refractivity contribution >= 4 is 22.8 Å². The Labute approximate surface area is 111 Å². The molecule has 1 aromatic carbocycles. The van der Waals surface area contributed by atoms with Crippen molar-refractivity contribution in [3.05, 3.63) is 35.5 Å². The lowest BCUT2D eigenvalue weighted by molar-refractivity contribution is 0.0696. The molecule has 0 spiro atoms. The molecule has 0 bridgehead atoms. The van der Waals surface area contributed by atoms with E-state index in [9.17, 15) is 14.7 Å². The van der Waals surface area contributed by atoms with Crippen LogP contribution in [0.5, 0.6) is 0 Å². The van der Waals surface area contributed by atoms with Crippen molar-refractivity contribution < 1.29 is 14.7 Å². The minimum absolute atomic E-state index is 0.173. The Kier molecular flexibility index (Phi) is 2.97. The molecule has 0 aliphatic heterocycles. The number of para-hydroxylation sites is 1. The van der Waals surface area contributed by atoms with Crippen molar-refractivity contribution in [1.82, 2.24) is 4.57 Å². The molecular weight excluding hydrogens is 242 g/mol. The maximum Gasteiger partial charge on any atom is 0.338 e. The smallest absolute Gasteiger partial charge is 0.338 e. The van der Waals surface area contributed by atoms with Gasteiger partial charge in [-0.25, -0.2) is 4.79 Å². The van der Waals surface area contributed by atoms with Gasteiger partial charge in [0.25, 0.3) is 0 Å². The van der Waals surface area contributed by atoms with Crippen molar-refractivity contribution in [3.8, 4) is 0 Å². The minimum Gasteiger partial charge on any atom is -0.478 e. The normalized spacial score (nSPS) is 11.8. The SMILES string of the molecule is CC(=O)n1c(C(C)(C)C)c(C(=O)O)c2ccccc21. The van der Waals surface area contributed by atoms with E-state index in [2.05, 4.69) is 0 Å². The van der Waals surface area contributed by atoms with Crippen LogP contribution in [0.2, 0.25) is 0 Å². The molecule has 0 unspecified atom stereocenters. The number of carbonyl (C=O) groups excluding carboxylic acids is 1. The summed E-state index contributed by atoms with van der Waals surface area (Å²) in [6.45, 7) is 7.18. The number of aromatic nitrogens is 1. The lowest BCUT2D eigenvalue weighted by Gasteiger charge is -2.21. The van der Waals surface area contributed by atoms with Crippen molar-refractivity contribution in [1.29, 1.82) is 0 Å². The first-order valence-electron chi connectivity index (χ1n) is 6.13. The Morgan fingerprint density at radius 2 is 1.74 bits per heavy atom. The standard InChI is InChI=1S/C15H17NO3/c1-9(17)16-11-8-6-5-7-10(11)12(14(18)19)13(16)15(2,3)4/h5-8H,1-4H3,(H,18,19). The van der Waals surface area contributed by atoms with Crippen molar-refractivity contribution in [2.75, 3.05) is 0 Å². The third kappa shape index (κ3) is 2.03. The number of carboxylic acid groups (broad SMARTS) is 1. The Balaban J connectivity index is 3.05. The molecule has 0 atom stereocenters. The zero-order valence-electron chi connectivity index (χ0n) is 11.5. The summed E-state index contributed by atoms with van der Waals surface area (Å²) < 4.78 is 1.51. The highest BCUT2D eigenvalue weighted by Gasteiger charge is 2.31. The number of nitrogens with zero attached hydrogens (tertiary/aromatic N) is 1. The van der Waals surface area contributed by atoms with Gasteiger partial charge in [-0.2, -0.15) is 0 Å². The highest BCUT2D eigenvalue weighted by molar-refractivity contribution is 6.08. The number of benzene rings is 1. The molecule has 0 radical (unpaired) electrons. The third-order valence-electron chi connectivity index (χ3n) is 3.11. The second-order valence-corrected chi connectivity index (χ2v) is 5.65. The minimum atomic E-state index is -0.999. The Morgan fingerprint density at radius 1 is 1.16 bits per heavy atom. The third-order valence-corrected chi connectivity index (χ3v) is 3.11. The zero-order valence-corrected chi connectivity index (χ0v) is 11.5. The molecule has 4 nitrogen and oxygen atoms in total. The number of hydrogen-bond acceptors (Lipinski definition) is 2. The van der Waals surface area contributed by atoms with E-state index in [1.54, 1.807) is 24.3 Å². The van der Waals surface area contributed by atoms with Gasteiger partial charge in [-0.1, -0.05) is 39.0 Å². The van der Waals surface area contributed by atoms with Crippen LogP contribution >= 0.6 is 0 Å². The summed E-state index contributed by atoms with van der Waals surface area (Å²) in [4.78, 5) is 23.5. The number of hydrogen-bond donors (Lipinski definition) is 1. The molecule has 100 valence electrons. The average Bonchev–Trinajstić information content (AvgIpc) is 2.63. The van der Waals surface area contributed by atoms with Crippen LogP contribution in [0.25, 0.3) is 10.9 Å². The Hall–Kier alpha value is -2.10. The number of carbonyl (C=O) groups is 2. The maximum absolute atomic E-state index is 11.9. The Bertz CT molecular complexity index is 623. The quantitative estimate of drug-likeness (QED) is 0.854. The lowest BCUT2D eigenvalue weighted by Crippen LogP contribution is -2.23. The summed E-state index contributed by atoms with van der Waals surface area (Å²) in [5, 5.41) is 10.1. The fraction of sp³-hybridized carbons (Fsp3) is 0.333. The van der Waals surface area contributed by atoms with Crippen LogP contribution in [-0.2, 0) is 5.41 Å². The van der Waals surface area contributed by atoms with Crippen molar-refractivity contribution in [2.24, 2.45) is 0 Å². The van der Waals surface area contributed by atoms with Gasteiger partial charge in [-0.3, -0.25) is 9.36 Å². The van der Waals surface area contributed by atoms with Gasteiger partial charge in [-0.05, 0) is 6.07 Å². The monoisotopic (exact) mass is 259 g/mol. The van der Waals surface area contributed by atoms with E-state index in [1.165, 1.54) is 11.5 Å². The van der Waals surface area contributed by atoms with Gasteiger partial charge in [0, 0.05) is 23.4 Å². The largest absolute Gasteiger partial charge is 0.478 e. The van der Waals surface area contributed by atoms with Crippen LogP contribution in [-0.4, -0.2) is 21.6 Å². The fourth-order valence-corrected chi connectivity index (χ4v) is 2.49. The first-order chi connectivity index (χ1) is 8.75. The van der Waals surface area contributed by atoms with E-state index in [0.29, 0.717) is 16.6 Å². The van der Waals surface area contributed by atoms with Crippen molar-refractivity contribution in [2.45, 2.75) is 33.1 Å². The van der Waals surface area contributed by atoms with Crippen LogP contribution in [0.3, 0.4) is 0 Å². The van der Waals surface area contributed by atoms with Crippen LogP contribution in [0.1, 0.15) is 48.5 Å². The molecule has 0 fully saturated rings. The molecule has 0 amide bonds. The predicted molar refractivity (Wildman–Crippen MR) is 73.9 cm³/mol.